The van der Waals surface area contributed by atoms with Crippen LogP contribution in [-0.2, 0) is 19.2 Å². The van der Waals surface area contributed by atoms with Gasteiger partial charge in [0.05, 0.1) is 0 Å². The van der Waals surface area contributed by atoms with E-state index in [1.165, 1.54) is 0 Å². The van der Waals surface area contributed by atoms with Gasteiger partial charge in [0.15, 0.2) is 0 Å². The quantitative estimate of drug-likeness (QED) is 0.437. The van der Waals surface area contributed by atoms with Crippen LogP contribution in [0, 0.1) is 0 Å². The molecule has 0 bridgehead atoms. The SMILES string of the molecule is C=CC(N)=O.C=CC(N)=O.O.O=C(O)/C=C\C(=O)O. The second-order valence-corrected chi connectivity index (χ2v) is 2.22. The molecule has 19 heavy (non-hydrogen) atoms. The molecule has 0 spiro atoms. The van der Waals surface area contributed by atoms with Gasteiger partial charge in [-0.25, -0.2) is 9.59 Å². The van der Waals surface area contributed by atoms with Gasteiger partial charge in [0.2, 0.25) is 11.8 Å². The van der Waals surface area contributed by atoms with Gasteiger partial charge in [-0.2, -0.15) is 0 Å². The van der Waals surface area contributed by atoms with Crippen molar-refractivity contribution in [3.63, 3.8) is 0 Å². The highest BCUT2D eigenvalue weighted by molar-refractivity contribution is 5.89. The number of carboxylic acids is 2. The summed E-state index contributed by atoms with van der Waals surface area (Å²) in [4.78, 5) is 38.1. The fourth-order valence-electron chi connectivity index (χ4n) is 0.143. The average molecular weight is 276 g/mol. The number of hydrogen-bond donors (Lipinski definition) is 4. The predicted octanol–water partition coefficient (Wildman–Crippen LogP) is -1.80. The molecule has 0 aromatic rings. The van der Waals surface area contributed by atoms with Crippen molar-refractivity contribution in [3.8, 4) is 0 Å². The topological polar surface area (TPSA) is 192 Å². The van der Waals surface area contributed by atoms with E-state index in [0.29, 0.717) is 12.2 Å². The molecule has 0 radical (unpaired) electrons. The van der Waals surface area contributed by atoms with Crippen molar-refractivity contribution >= 4 is 23.8 Å². The van der Waals surface area contributed by atoms with Gasteiger partial charge in [0, 0.05) is 12.2 Å². The van der Waals surface area contributed by atoms with Gasteiger partial charge in [-0.1, -0.05) is 13.2 Å². The molecule has 0 unspecified atom stereocenters. The molecule has 9 nitrogen and oxygen atoms in total. The molecule has 0 heterocycles. The summed E-state index contributed by atoms with van der Waals surface area (Å²) >= 11 is 0. The lowest BCUT2D eigenvalue weighted by atomic mass is 10.5. The first-order valence-corrected chi connectivity index (χ1v) is 4.15. The van der Waals surface area contributed by atoms with Crippen molar-refractivity contribution < 1.29 is 34.9 Å². The monoisotopic (exact) mass is 276 g/mol. The standard InChI is InChI=1S/C4H4O4.2C3H5NO.H2O/c5-3(6)1-2-4(7)8;2*1-2-3(4)5;/h1-2H,(H,5,6)(H,7,8);2*2H,1H2,(H2,4,5);1H2/b2-1-;;;. The zero-order valence-corrected chi connectivity index (χ0v) is 9.91. The maximum absolute atomic E-state index is 9.55. The molecule has 0 aromatic heterocycles. The summed E-state index contributed by atoms with van der Waals surface area (Å²) in [5.74, 6) is -3.48. The zero-order chi connectivity index (χ0) is 15.1. The molecule has 0 aromatic carbocycles. The first-order chi connectivity index (χ1) is 8.17. The molecule has 0 aliphatic carbocycles. The van der Waals surface area contributed by atoms with Gasteiger partial charge in [-0.15, -0.1) is 0 Å². The Morgan fingerprint density at radius 3 is 1.00 bits per heavy atom. The maximum Gasteiger partial charge on any atom is 0.328 e. The molecule has 9 heteroatoms. The highest BCUT2D eigenvalue weighted by atomic mass is 16.4. The van der Waals surface area contributed by atoms with Crippen molar-refractivity contribution in [1.29, 1.82) is 0 Å². The number of hydrogen-bond acceptors (Lipinski definition) is 4. The largest absolute Gasteiger partial charge is 0.478 e. The van der Waals surface area contributed by atoms with E-state index in [2.05, 4.69) is 24.6 Å². The Kier molecular flexibility index (Phi) is 23.0. The lowest BCUT2D eigenvalue weighted by molar-refractivity contribution is -0.134. The van der Waals surface area contributed by atoms with Crippen LogP contribution in [0.4, 0.5) is 0 Å². The van der Waals surface area contributed by atoms with Gasteiger partial charge < -0.3 is 27.2 Å². The molecule has 8 N–H and O–H groups in total. The molecule has 0 saturated carbocycles. The summed E-state index contributed by atoms with van der Waals surface area (Å²) in [5.41, 5.74) is 9.07. The minimum absolute atomic E-state index is 0. The van der Waals surface area contributed by atoms with Crippen molar-refractivity contribution in [2.75, 3.05) is 0 Å². The summed E-state index contributed by atoms with van der Waals surface area (Å²) in [6, 6.07) is 0. The summed E-state index contributed by atoms with van der Waals surface area (Å²) < 4.78 is 0. The smallest absolute Gasteiger partial charge is 0.328 e. The molecule has 0 fully saturated rings. The molecule has 0 aliphatic rings. The third-order valence-corrected chi connectivity index (χ3v) is 0.771. The van der Waals surface area contributed by atoms with Crippen molar-refractivity contribution in [1.82, 2.24) is 0 Å². The minimum atomic E-state index is -1.26. The van der Waals surface area contributed by atoms with E-state index in [0.717, 1.165) is 12.2 Å². The molecule has 0 atom stereocenters. The summed E-state index contributed by atoms with van der Waals surface area (Å²) in [5, 5.41) is 15.6. The molecule has 2 amide bonds. The molecule has 0 saturated heterocycles. The normalized spacial score (nSPS) is 7.37. The van der Waals surface area contributed by atoms with E-state index >= 15 is 0 Å². The van der Waals surface area contributed by atoms with Crippen LogP contribution in [0.1, 0.15) is 0 Å². The van der Waals surface area contributed by atoms with Crippen LogP contribution in [0.3, 0.4) is 0 Å². The second-order valence-electron chi connectivity index (χ2n) is 2.22. The first-order valence-electron chi connectivity index (χ1n) is 4.15. The average Bonchev–Trinajstić information content (AvgIpc) is 2.27. The van der Waals surface area contributed by atoms with E-state index in [9.17, 15) is 19.2 Å². The second kappa shape index (κ2) is 17.5. The highest BCUT2D eigenvalue weighted by Crippen LogP contribution is 1.70. The van der Waals surface area contributed by atoms with E-state index in [4.69, 9.17) is 10.2 Å². The lowest BCUT2D eigenvalue weighted by Crippen LogP contribution is -2.04. The minimum Gasteiger partial charge on any atom is -0.478 e. The number of aliphatic carboxylic acids is 2. The van der Waals surface area contributed by atoms with E-state index < -0.39 is 23.8 Å². The van der Waals surface area contributed by atoms with Gasteiger partial charge >= 0.3 is 11.9 Å². The Morgan fingerprint density at radius 1 is 0.789 bits per heavy atom. The Balaban J connectivity index is -0.0000000906. The fraction of sp³-hybridized carbons (Fsp3) is 0. The van der Waals surface area contributed by atoms with Crippen LogP contribution >= 0.6 is 0 Å². The maximum atomic E-state index is 9.55. The Morgan fingerprint density at radius 2 is 0.947 bits per heavy atom. The summed E-state index contributed by atoms with van der Waals surface area (Å²) in [7, 11) is 0. The number of carboxylic acid groups (broad SMARTS) is 2. The third-order valence-electron chi connectivity index (χ3n) is 0.771. The molecular weight excluding hydrogens is 260 g/mol. The van der Waals surface area contributed by atoms with Crippen LogP contribution in [0.5, 0.6) is 0 Å². The van der Waals surface area contributed by atoms with Crippen LogP contribution < -0.4 is 11.5 Å². The van der Waals surface area contributed by atoms with Crippen LogP contribution in [0.2, 0.25) is 0 Å². The van der Waals surface area contributed by atoms with Crippen LogP contribution in [0.15, 0.2) is 37.5 Å². The fourth-order valence-corrected chi connectivity index (χ4v) is 0.143. The van der Waals surface area contributed by atoms with Crippen molar-refractivity contribution in [2.45, 2.75) is 0 Å². The van der Waals surface area contributed by atoms with E-state index in [1.54, 1.807) is 0 Å². The van der Waals surface area contributed by atoms with Gasteiger partial charge in [-0.3, -0.25) is 9.59 Å². The number of rotatable bonds is 4. The van der Waals surface area contributed by atoms with E-state index in [1.807, 2.05) is 0 Å². The van der Waals surface area contributed by atoms with Gasteiger partial charge in [0.1, 0.15) is 0 Å². The van der Waals surface area contributed by atoms with Crippen LogP contribution in [0.25, 0.3) is 0 Å². The van der Waals surface area contributed by atoms with Crippen molar-refractivity contribution in [3.05, 3.63) is 37.5 Å². The lowest BCUT2D eigenvalue weighted by Gasteiger charge is -1.74. The number of amides is 2. The molecule has 0 rings (SSSR count). The number of carbonyl (C=O) groups is 4. The highest BCUT2D eigenvalue weighted by Gasteiger charge is 1.88. The van der Waals surface area contributed by atoms with Gasteiger partial charge in [0.25, 0.3) is 0 Å². The first kappa shape index (κ1) is 25.0. The van der Waals surface area contributed by atoms with Gasteiger partial charge in [-0.05, 0) is 12.2 Å². The number of carbonyl (C=O) groups excluding carboxylic acids is 2. The molecule has 0 aliphatic heterocycles. The third kappa shape index (κ3) is 69.9. The summed E-state index contributed by atoms with van der Waals surface area (Å²) in [6.07, 6.45) is 3.23. The predicted molar refractivity (Wildman–Crippen MR) is 66.8 cm³/mol. The molecule has 108 valence electrons. The summed E-state index contributed by atoms with van der Waals surface area (Å²) in [6.45, 7) is 6.17. The van der Waals surface area contributed by atoms with E-state index in [-0.39, 0.29) is 5.48 Å². The number of nitrogens with two attached hydrogens (primary N) is 2. The Labute approximate surface area is 108 Å². The van der Waals surface area contributed by atoms with Crippen LogP contribution in [-0.4, -0.2) is 39.4 Å². The Hall–Kier alpha value is -2.94. The Bertz CT molecular complexity index is 327. The number of primary amides is 2. The van der Waals surface area contributed by atoms with Crippen molar-refractivity contribution in [2.24, 2.45) is 11.5 Å². The molecular formula is C10H16N2O7. The zero-order valence-electron chi connectivity index (χ0n) is 9.91.